The topological polar surface area (TPSA) is 52.6 Å². The Balaban J connectivity index is 2.04. The summed E-state index contributed by atoms with van der Waals surface area (Å²) in [4.78, 5) is 25.0. The zero-order chi connectivity index (χ0) is 33.2. The highest BCUT2D eigenvalue weighted by molar-refractivity contribution is 5.70. The smallest absolute Gasteiger partial charge is 0.306 e. The van der Waals surface area contributed by atoms with Gasteiger partial charge in [-0.3, -0.25) is 9.59 Å². The van der Waals surface area contributed by atoms with Crippen LogP contribution in [0, 0.1) is 0 Å². The second-order valence-corrected chi connectivity index (χ2v) is 13.3. The molecule has 0 amide bonds. The van der Waals surface area contributed by atoms with Crippen molar-refractivity contribution < 1.29 is 19.1 Å². The molecule has 46 heavy (non-hydrogen) atoms. The summed E-state index contributed by atoms with van der Waals surface area (Å²) >= 11 is 0. The third-order valence-electron chi connectivity index (χ3n) is 8.87. The molecule has 1 fully saturated rings. The molecule has 1 rings (SSSR count). The molecule has 1 saturated carbocycles. The fourth-order valence-corrected chi connectivity index (χ4v) is 5.95. The van der Waals surface area contributed by atoms with Crippen molar-refractivity contribution in [1.82, 2.24) is 0 Å². The van der Waals surface area contributed by atoms with E-state index in [0.29, 0.717) is 12.8 Å². The standard InChI is InChI=1S/C42H72O4/c1-3-5-7-9-11-13-15-17-19-21-23-25-27-29-31-37-41(43)45-39-35-33-34-36-40(39)46-42(44)38-32-30-28-26-24-22-20-18-16-14-12-10-8-6-4-2/h11-14,17-20,39-40H,3-10,15-16,21-38H2,1-2H3/b13-11-,14-12-,19-17-,20-18-/t39-,40+. The summed E-state index contributed by atoms with van der Waals surface area (Å²) in [7, 11) is 0. The zero-order valence-corrected chi connectivity index (χ0v) is 30.2. The fraction of sp³-hybridized carbons (Fsp3) is 0.762. The highest BCUT2D eigenvalue weighted by Crippen LogP contribution is 2.25. The Morgan fingerprint density at radius 2 is 0.783 bits per heavy atom. The first-order valence-electron chi connectivity index (χ1n) is 19.7. The van der Waals surface area contributed by atoms with Crippen LogP contribution in [0.3, 0.4) is 0 Å². The van der Waals surface area contributed by atoms with Gasteiger partial charge in [-0.2, -0.15) is 0 Å². The number of esters is 2. The molecule has 2 atom stereocenters. The third-order valence-corrected chi connectivity index (χ3v) is 8.87. The van der Waals surface area contributed by atoms with Crippen LogP contribution < -0.4 is 0 Å². The number of hydrogen-bond donors (Lipinski definition) is 0. The van der Waals surface area contributed by atoms with E-state index in [4.69, 9.17) is 9.47 Å². The lowest BCUT2D eigenvalue weighted by Gasteiger charge is -2.30. The van der Waals surface area contributed by atoms with E-state index in [1.165, 1.54) is 77.0 Å². The lowest BCUT2D eigenvalue weighted by molar-refractivity contribution is -0.171. The summed E-state index contributed by atoms with van der Waals surface area (Å²) in [5.74, 6) is -0.264. The summed E-state index contributed by atoms with van der Waals surface area (Å²) in [6, 6.07) is 0. The van der Waals surface area contributed by atoms with Gasteiger partial charge in [-0.1, -0.05) is 127 Å². The minimum absolute atomic E-state index is 0.132. The van der Waals surface area contributed by atoms with Gasteiger partial charge in [0.1, 0.15) is 12.2 Å². The highest BCUT2D eigenvalue weighted by Gasteiger charge is 2.31. The second kappa shape index (κ2) is 32.8. The van der Waals surface area contributed by atoms with E-state index in [9.17, 15) is 9.59 Å². The first-order chi connectivity index (χ1) is 22.7. The molecule has 0 saturated heterocycles. The summed E-state index contributed by atoms with van der Waals surface area (Å²) in [5, 5.41) is 0. The molecule has 0 heterocycles. The minimum atomic E-state index is -0.271. The van der Waals surface area contributed by atoms with Crippen LogP contribution in [-0.2, 0) is 19.1 Å². The van der Waals surface area contributed by atoms with Crippen molar-refractivity contribution in [3.8, 4) is 0 Å². The highest BCUT2D eigenvalue weighted by atomic mass is 16.6. The van der Waals surface area contributed by atoms with Crippen molar-refractivity contribution in [2.24, 2.45) is 0 Å². The number of carbonyl (C=O) groups excluding carboxylic acids is 2. The summed E-state index contributed by atoms with van der Waals surface area (Å²) in [6.07, 6.45) is 48.1. The van der Waals surface area contributed by atoms with Crippen molar-refractivity contribution in [1.29, 1.82) is 0 Å². The first-order valence-corrected chi connectivity index (χ1v) is 19.7. The van der Waals surface area contributed by atoms with Crippen molar-refractivity contribution in [3.05, 3.63) is 48.6 Å². The van der Waals surface area contributed by atoms with Crippen LogP contribution in [0.25, 0.3) is 0 Å². The molecule has 1 aliphatic carbocycles. The molecule has 264 valence electrons. The summed E-state index contributed by atoms with van der Waals surface area (Å²) < 4.78 is 11.6. The maximum absolute atomic E-state index is 12.5. The van der Waals surface area contributed by atoms with Crippen LogP contribution in [0.2, 0.25) is 0 Å². The zero-order valence-electron chi connectivity index (χ0n) is 30.2. The maximum Gasteiger partial charge on any atom is 0.306 e. The minimum Gasteiger partial charge on any atom is -0.458 e. The van der Waals surface area contributed by atoms with Gasteiger partial charge in [0.05, 0.1) is 0 Å². The predicted octanol–water partition coefficient (Wildman–Crippen LogP) is 13.0. The first kappa shape index (κ1) is 41.9. The van der Waals surface area contributed by atoms with Crippen molar-refractivity contribution in [2.75, 3.05) is 0 Å². The molecule has 0 unspecified atom stereocenters. The van der Waals surface area contributed by atoms with Gasteiger partial charge in [0.15, 0.2) is 0 Å². The predicted molar refractivity (Wildman–Crippen MR) is 197 cm³/mol. The Bertz CT molecular complexity index is 756. The monoisotopic (exact) mass is 641 g/mol. The van der Waals surface area contributed by atoms with E-state index >= 15 is 0 Å². The number of unbranched alkanes of at least 4 members (excludes halogenated alkanes) is 16. The Morgan fingerprint density at radius 1 is 0.457 bits per heavy atom. The van der Waals surface area contributed by atoms with Gasteiger partial charge in [0.2, 0.25) is 0 Å². The van der Waals surface area contributed by atoms with E-state index in [-0.39, 0.29) is 24.1 Å². The molecule has 0 aromatic rings. The fourth-order valence-electron chi connectivity index (χ4n) is 5.95. The molecule has 0 aromatic heterocycles. The quantitative estimate of drug-likeness (QED) is 0.0445. The number of hydrogen-bond acceptors (Lipinski definition) is 4. The van der Waals surface area contributed by atoms with E-state index in [2.05, 4.69) is 62.5 Å². The molecule has 1 aliphatic rings. The third kappa shape index (κ3) is 27.1. The molecule has 4 heteroatoms. The van der Waals surface area contributed by atoms with Gasteiger partial charge >= 0.3 is 11.9 Å². The van der Waals surface area contributed by atoms with Crippen LogP contribution in [-0.4, -0.2) is 24.1 Å². The van der Waals surface area contributed by atoms with Gasteiger partial charge in [-0.25, -0.2) is 0 Å². The largest absolute Gasteiger partial charge is 0.458 e. The molecule has 0 radical (unpaired) electrons. The molecule has 4 nitrogen and oxygen atoms in total. The normalized spacial score (nSPS) is 17.2. The summed E-state index contributed by atoms with van der Waals surface area (Å²) in [6.45, 7) is 4.49. The average Bonchev–Trinajstić information content (AvgIpc) is 3.05. The molecular weight excluding hydrogens is 568 g/mol. The van der Waals surface area contributed by atoms with Gasteiger partial charge in [0.25, 0.3) is 0 Å². The Labute approximate surface area is 284 Å². The molecule has 0 bridgehead atoms. The van der Waals surface area contributed by atoms with E-state index in [1.54, 1.807) is 0 Å². The van der Waals surface area contributed by atoms with Crippen molar-refractivity contribution in [3.63, 3.8) is 0 Å². The molecule has 0 N–H and O–H groups in total. The van der Waals surface area contributed by atoms with E-state index in [1.807, 2.05) is 0 Å². The second-order valence-electron chi connectivity index (χ2n) is 13.3. The number of allylic oxidation sites excluding steroid dienone is 8. The SMILES string of the molecule is CCCCC/C=C\C/C=C\CCCCCCCC(=O)O[C@H]1CCCC[C@H]1OC(=O)CCCCCCC/C=C\C/C=C\CCCCC. The van der Waals surface area contributed by atoms with Crippen LogP contribution in [0.1, 0.15) is 194 Å². The summed E-state index contributed by atoms with van der Waals surface area (Å²) in [5.41, 5.74) is 0. The average molecular weight is 641 g/mol. The lowest BCUT2D eigenvalue weighted by atomic mass is 9.94. The Kier molecular flexibility index (Phi) is 29.9. The Hall–Kier alpha value is -2.10. The van der Waals surface area contributed by atoms with Crippen molar-refractivity contribution >= 4 is 11.9 Å². The molecule has 0 spiro atoms. The Morgan fingerprint density at radius 3 is 1.15 bits per heavy atom. The number of ether oxygens (including phenoxy) is 2. The van der Waals surface area contributed by atoms with Gasteiger partial charge in [0, 0.05) is 12.8 Å². The van der Waals surface area contributed by atoms with Gasteiger partial charge < -0.3 is 9.47 Å². The number of rotatable bonds is 30. The molecular formula is C42H72O4. The van der Waals surface area contributed by atoms with Crippen LogP contribution >= 0.6 is 0 Å². The molecule has 0 aromatic carbocycles. The van der Waals surface area contributed by atoms with Crippen LogP contribution in [0.4, 0.5) is 0 Å². The number of carbonyl (C=O) groups is 2. The van der Waals surface area contributed by atoms with Crippen LogP contribution in [0.5, 0.6) is 0 Å². The van der Waals surface area contributed by atoms with Gasteiger partial charge in [-0.15, -0.1) is 0 Å². The van der Waals surface area contributed by atoms with E-state index < -0.39 is 0 Å². The van der Waals surface area contributed by atoms with Gasteiger partial charge in [-0.05, 0) is 103 Å². The van der Waals surface area contributed by atoms with Crippen LogP contribution in [0.15, 0.2) is 48.6 Å². The molecule has 0 aliphatic heterocycles. The van der Waals surface area contributed by atoms with Crippen molar-refractivity contribution in [2.45, 2.75) is 206 Å². The maximum atomic E-state index is 12.5. The lowest BCUT2D eigenvalue weighted by Crippen LogP contribution is -2.37. The van der Waals surface area contributed by atoms with E-state index in [0.717, 1.165) is 89.9 Å².